The van der Waals surface area contributed by atoms with Gasteiger partial charge in [0.2, 0.25) is 0 Å². The Hall–Kier alpha value is -0.799. The predicted octanol–water partition coefficient (Wildman–Crippen LogP) is 18.7. The minimum Gasteiger partial charge on any atom is -1.00 e. The molecule has 4 radical (unpaired) electrons. The van der Waals surface area contributed by atoms with Crippen LogP contribution in [0.25, 0.3) is 0 Å². The van der Waals surface area contributed by atoms with Crippen LogP contribution < -0.4 is 5.30 Å². The maximum absolute atomic E-state index is 7.03. The van der Waals surface area contributed by atoms with Gasteiger partial charge in [0.1, 0.15) is 0 Å². The molecule has 72 heavy (non-hydrogen) atoms. The molecule has 0 fully saturated rings. The molecule has 2 aromatic heterocycles. The molecule has 6 aromatic rings. The first-order chi connectivity index (χ1) is 31.6. The van der Waals surface area contributed by atoms with Gasteiger partial charge in [-0.2, -0.15) is 54.7 Å². The van der Waals surface area contributed by atoms with Gasteiger partial charge in [-0.1, -0.05) is 115 Å². The molecule has 5 atom stereocenters. The third-order valence-corrected chi connectivity index (χ3v) is 26.1. The summed E-state index contributed by atoms with van der Waals surface area (Å²) in [5, 5.41) is 8.06. The van der Waals surface area contributed by atoms with E-state index in [1.807, 2.05) is 0 Å². The summed E-state index contributed by atoms with van der Waals surface area (Å²) < 4.78 is 5.34. The van der Waals surface area contributed by atoms with Crippen LogP contribution >= 0.6 is 61.6 Å². The van der Waals surface area contributed by atoms with Crippen molar-refractivity contribution in [2.45, 2.75) is 182 Å². The van der Waals surface area contributed by atoms with Gasteiger partial charge in [-0.15, -0.1) is 15.1 Å². The van der Waals surface area contributed by atoms with E-state index in [1.54, 1.807) is 26.5 Å². The molecule has 390 valence electrons. The molecule has 0 saturated heterocycles. The molecule has 0 aliphatic rings. The van der Waals surface area contributed by atoms with Crippen molar-refractivity contribution in [3.63, 3.8) is 0 Å². The number of aryl methyl sites for hydroxylation is 10. The molecule has 0 aliphatic carbocycles. The van der Waals surface area contributed by atoms with Crippen molar-refractivity contribution < 1.29 is 0 Å². The van der Waals surface area contributed by atoms with Crippen molar-refractivity contribution >= 4 is 98.4 Å². The standard InChI is InChI=1S/C30H43NP2.C22H34ClNP2.C9H11.B.Mg.2H3P/c1-21-11-13-28(14-12-21)20-31(30(8,9)10)33(29-24(4)17-22(2)18-25(29)5)16-15-32-26(6)19-23(3)27(32)7;1-16-9-11-21(12-10-16)15-24(22(6,7)8)26(23)14-13-25-19(4)17(2)18(3)20(25)5;1-7-4-8(2)6-9(3)5-7;;;;/h11-14,17-19H,15-16,20H2,1-10H3;9-12H,13-15H2,1-8H3;4-5H,1-3H3;;;2*1H3/q;;2*-1;+2;;. The van der Waals surface area contributed by atoms with E-state index in [0.717, 1.165) is 19.3 Å². The molecule has 6 rings (SSSR count). The molecule has 0 bridgehead atoms. The van der Waals surface area contributed by atoms with Crippen LogP contribution in [0.3, 0.4) is 0 Å². The molecule has 0 saturated carbocycles. The van der Waals surface area contributed by atoms with E-state index in [-0.39, 0.29) is 77.4 Å². The minimum absolute atomic E-state index is 0. The molecule has 4 aromatic carbocycles. The summed E-state index contributed by atoms with van der Waals surface area (Å²) >= 11 is 7.03. The Labute approximate surface area is 476 Å². The first kappa shape index (κ1) is 71.2. The summed E-state index contributed by atoms with van der Waals surface area (Å²) in [5.74, 6) is 0. The van der Waals surface area contributed by atoms with Gasteiger partial charge >= 0.3 is 23.1 Å². The number of hydrogen-bond donors (Lipinski definition) is 0. The van der Waals surface area contributed by atoms with Crippen LogP contribution in [-0.2, 0) is 25.4 Å². The average Bonchev–Trinajstić information content (AvgIpc) is 3.58. The van der Waals surface area contributed by atoms with Crippen molar-refractivity contribution in [1.82, 2.24) is 9.34 Å². The summed E-state index contributed by atoms with van der Waals surface area (Å²) in [5.41, 5.74) is 18.2. The molecule has 0 amide bonds. The summed E-state index contributed by atoms with van der Waals surface area (Å²) in [6, 6.07) is 32.7. The zero-order valence-electron chi connectivity index (χ0n) is 49.0. The van der Waals surface area contributed by atoms with Crippen LogP contribution in [0, 0.1) is 110 Å². The first-order valence-electron chi connectivity index (χ1n) is 24.8. The van der Waals surface area contributed by atoms with E-state index in [1.165, 1.54) is 90.8 Å². The van der Waals surface area contributed by atoms with Gasteiger partial charge in [-0.3, -0.25) is 9.34 Å². The number of hydrogen-bond acceptors (Lipinski definition) is 2. The van der Waals surface area contributed by atoms with Crippen LogP contribution in [0.4, 0.5) is 0 Å². The molecular weight excluding hydrogens is 1020 g/mol. The minimum atomic E-state index is -0.670. The summed E-state index contributed by atoms with van der Waals surface area (Å²) in [4.78, 5) is 0. The molecule has 2 nitrogen and oxygen atoms in total. The Balaban J connectivity index is 0.00000116. The second-order valence-electron chi connectivity index (χ2n) is 21.7. The van der Waals surface area contributed by atoms with E-state index < -0.39 is 15.5 Å². The summed E-state index contributed by atoms with van der Waals surface area (Å²) in [6.07, 6.45) is 4.86. The second-order valence-corrected chi connectivity index (χ2v) is 31.9. The van der Waals surface area contributed by atoms with Gasteiger partial charge < -0.3 is 8.41 Å². The normalized spacial score (nSPS) is 12.3. The number of nitrogens with zero attached hydrogens (tertiary/aromatic N) is 2. The van der Waals surface area contributed by atoms with Crippen molar-refractivity contribution in [2.75, 3.05) is 12.3 Å². The van der Waals surface area contributed by atoms with Crippen LogP contribution in [0.1, 0.15) is 135 Å². The Morgan fingerprint density at radius 2 is 0.875 bits per heavy atom. The van der Waals surface area contributed by atoms with Crippen LogP contribution in [0.2, 0.25) is 0 Å². The second kappa shape index (κ2) is 31.6. The van der Waals surface area contributed by atoms with Gasteiger partial charge in [-0.05, 0) is 217 Å². The molecule has 0 aliphatic heterocycles. The Kier molecular flexibility index (Phi) is 31.2. The zero-order valence-corrected chi connectivity index (χ0v) is 57.6. The molecule has 5 unspecified atom stereocenters. The topological polar surface area (TPSA) is 6.48 Å². The Morgan fingerprint density at radius 1 is 0.486 bits per heavy atom. The summed E-state index contributed by atoms with van der Waals surface area (Å²) in [6.45, 7) is 49.6. The zero-order chi connectivity index (χ0) is 51.0. The third-order valence-electron chi connectivity index (χ3n) is 13.5. The maximum Gasteiger partial charge on any atom is 2.00 e. The average molecular weight is 1110 g/mol. The van der Waals surface area contributed by atoms with Crippen LogP contribution in [0.15, 0.2) is 78.9 Å². The Morgan fingerprint density at radius 3 is 1.25 bits per heavy atom. The molecule has 0 N–H and O–H groups in total. The van der Waals surface area contributed by atoms with Gasteiger partial charge in [0.05, 0.1) is 7.43 Å². The number of halogens is 1. The SMILES string of the molecule is Cc1[c-]c(C)cc(C)c1.Cc1ccc(CN(P(CCp2c(C)cc(C)c2C)c2c(C)cc(C)cc2C)C(C)(C)C)cc1.Cc1ccc(CN(P(Cl)CCp2c(C)c(C)c(C)c2C)C(C)(C)C)cc1.P.P.[B-].[Mg+2]. The number of rotatable bonds is 13. The van der Waals surface area contributed by atoms with E-state index in [2.05, 4.69) is 240 Å². The fourth-order valence-corrected chi connectivity index (χ4v) is 22.3. The van der Waals surface area contributed by atoms with Crippen molar-refractivity contribution in [3.05, 3.63) is 178 Å². The largest absolute Gasteiger partial charge is 2.00 e. The number of benzene rings is 4. The van der Waals surface area contributed by atoms with E-state index in [4.69, 9.17) is 11.2 Å². The fraction of sp³-hybridized carbons (Fsp3) is 0.475. The van der Waals surface area contributed by atoms with Crippen molar-refractivity contribution in [3.8, 4) is 0 Å². The first-order valence-corrected chi connectivity index (χ1v) is 31.7. The van der Waals surface area contributed by atoms with E-state index >= 15 is 0 Å². The van der Waals surface area contributed by atoms with Gasteiger partial charge in [-0.25, -0.2) is 0 Å². The molecule has 0 spiro atoms. The molecule has 11 heteroatoms. The molecule has 2 heterocycles. The van der Waals surface area contributed by atoms with Crippen LogP contribution in [-0.4, -0.2) is 64.2 Å². The summed E-state index contributed by atoms with van der Waals surface area (Å²) in [7, 11) is -1.42. The van der Waals surface area contributed by atoms with Gasteiger partial charge in [0, 0.05) is 30.3 Å². The van der Waals surface area contributed by atoms with Crippen molar-refractivity contribution in [2.24, 2.45) is 0 Å². The maximum atomic E-state index is 7.03. The predicted molar refractivity (Wildman–Crippen MR) is 347 cm³/mol. The van der Waals surface area contributed by atoms with E-state index in [0.29, 0.717) is 0 Å². The quantitative estimate of drug-likeness (QED) is 0.0646. The fourth-order valence-electron chi connectivity index (χ4n) is 9.45. The van der Waals surface area contributed by atoms with Gasteiger partial charge in [0.25, 0.3) is 0 Å². The Bertz CT molecular complexity index is 2490. The van der Waals surface area contributed by atoms with Gasteiger partial charge in [0.15, 0.2) is 0 Å². The molecular formula is C61H94BClMgN2P6. The van der Waals surface area contributed by atoms with Crippen LogP contribution in [0.5, 0.6) is 0 Å². The van der Waals surface area contributed by atoms with Crippen molar-refractivity contribution in [1.29, 1.82) is 0 Å². The smallest absolute Gasteiger partial charge is 1.00 e. The monoisotopic (exact) mass is 1110 g/mol. The third kappa shape index (κ3) is 20.5. The van der Waals surface area contributed by atoms with E-state index in [9.17, 15) is 0 Å².